The first-order valence-corrected chi connectivity index (χ1v) is 7.57. The van der Waals surface area contributed by atoms with E-state index in [1.165, 1.54) is 29.5 Å². The summed E-state index contributed by atoms with van der Waals surface area (Å²) in [5, 5.41) is 2.99. The summed E-state index contributed by atoms with van der Waals surface area (Å²) in [6.45, 7) is 0. The lowest BCUT2D eigenvalue weighted by Gasteiger charge is -1.99. The molecule has 0 radical (unpaired) electrons. The van der Waals surface area contributed by atoms with E-state index in [1.54, 1.807) is 24.3 Å². The predicted octanol–water partition coefficient (Wildman–Crippen LogP) is 3.17. The van der Waals surface area contributed by atoms with Crippen LogP contribution in [-0.2, 0) is 6.42 Å². The number of nitrogens with zero attached hydrogens (tertiary/aromatic N) is 2. The summed E-state index contributed by atoms with van der Waals surface area (Å²) in [6.07, 6.45) is 4.55. The summed E-state index contributed by atoms with van der Waals surface area (Å²) < 4.78 is 14.7. The first kappa shape index (κ1) is 13.2. The van der Waals surface area contributed by atoms with E-state index in [4.69, 9.17) is 0 Å². The minimum absolute atomic E-state index is 0.126. The van der Waals surface area contributed by atoms with Gasteiger partial charge in [0.1, 0.15) is 5.82 Å². The van der Waals surface area contributed by atoms with Gasteiger partial charge in [-0.2, -0.15) is 0 Å². The molecule has 1 saturated carbocycles. The van der Waals surface area contributed by atoms with E-state index in [9.17, 15) is 9.18 Å². The lowest BCUT2D eigenvalue weighted by molar-refractivity contribution is 0.628. The maximum atomic E-state index is 13.3. The molecule has 0 bridgehead atoms. The lowest BCUT2D eigenvalue weighted by atomic mass is 10.1. The number of rotatable bonds is 4. The molecule has 0 atom stereocenters. The average molecular weight is 297 g/mol. The van der Waals surface area contributed by atoms with Crippen LogP contribution in [-0.4, -0.2) is 14.6 Å². The maximum absolute atomic E-state index is 13.3. The van der Waals surface area contributed by atoms with Crippen LogP contribution in [0, 0.1) is 11.7 Å². The summed E-state index contributed by atoms with van der Waals surface area (Å²) >= 11 is 0. The van der Waals surface area contributed by atoms with Crippen LogP contribution >= 0.6 is 0 Å². The van der Waals surface area contributed by atoms with Gasteiger partial charge in [0, 0.05) is 23.4 Å². The van der Waals surface area contributed by atoms with Crippen molar-refractivity contribution >= 4 is 5.65 Å². The maximum Gasteiger partial charge on any atom is 0.272 e. The van der Waals surface area contributed by atoms with E-state index in [0.717, 1.165) is 24.5 Å². The van der Waals surface area contributed by atoms with E-state index >= 15 is 0 Å². The molecule has 0 amide bonds. The van der Waals surface area contributed by atoms with E-state index in [1.807, 2.05) is 0 Å². The fourth-order valence-electron chi connectivity index (χ4n) is 2.73. The Morgan fingerprint density at radius 2 is 2.14 bits per heavy atom. The van der Waals surface area contributed by atoms with Crippen molar-refractivity contribution in [1.82, 2.24) is 14.6 Å². The highest BCUT2D eigenvalue weighted by molar-refractivity contribution is 5.63. The molecule has 1 fully saturated rings. The molecule has 3 aromatic rings. The number of H-pyrrole nitrogens is 1. The Hall–Kier alpha value is -2.43. The molecular weight excluding hydrogens is 281 g/mol. The van der Waals surface area contributed by atoms with Crippen molar-refractivity contribution in [1.29, 1.82) is 0 Å². The van der Waals surface area contributed by atoms with Crippen molar-refractivity contribution in [3.8, 4) is 11.3 Å². The van der Waals surface area contributed by atoms with Crippen molar-refractivity contribution in [2.75, 3.05) is 0 Å². The first-order chi connectivity index (χ1) is 10.7. The molecule has 0 saturated heterocycles. The topological polar surface area (TPSA) is 50.2 Å². The van der Waals surface area contributed by atoms with Gasteiger partial charge in [-0.3, -0.25) is 9.89 Å². The van der Waals surface area contributed by atoms with Crippen molar-refractivity contribution in [2.45, 2.75) is 25.7 Å². The number of benzene rings is 1. The third kappa shape index (κ3) is 2.54. The van der Waals surface area contributed by atoms with Crippen molar-refractivity contribution in [3.63, 3.8) is 0 Å². The van der Waals surface area contributed by atoms with Crippen LogP contribution in [0.3, 0.4) is 0 Å². The normalized spacial score (nSPS) is 14.6. The predicted molar refractivity (Wildman–Crippen MR) is 82.3 cm³/mol. The van der Waals surface area contributed by atoms with Crippen LogP contribution in [0.15, 0.2) is 41.2 Å². The van der Waals surface area contributed by atoms with Gasteiger partial charge in [0.2, 0.25) is 0 Å². The minimum Gasteiger partial charge on any atom is -0.289 e. The van der Waals surface area contributed by atoms with Gasteiger partial charge in [-0.25, -0.2) is 13.9 Å². The standard InChI is InChI=1S/C17H16FN3O/c18-13-3-1-2-12(8-13)15-10-16-19-14(7-6-11-4-5-11)9-17(22)21(16)20-15/h1-3,8-11,20H,4-7H2. The molecule has 1 aliphatic carbocycles. The van der Waals surface area contributed by atoms with Gasteiger partial charge >= 0.3 is 0 Å². The van der Waals surface area contributed by atoms with Gasteiger partial charge in [-0.1, -0.05) is 25.0 Å². The Bertz CT molecular complexity index is 892. The molecule has 1 aromatic carbocycles. The molecule has 2 aromatic heterocycles. The highest BCUT2D eigenvalue weighted by atomic mass is 19.1. The number of aryl methyl sites for hydroxylation is 1. The molecule has 5 heteroatoms. The van der Waals surface area contributed by atoms with Crippen LogP contribution in [0.1, 0.15) is 25.0 Å². The van der Waals surface area contributed by atoms with E-state index in [-0.39, 0.29) is 11.4 Å². The number of nitrogens with one attached hydrogen (secondary N) is 1. The molecule has 0 aliphatic heterocycles. The van der Waals surface area contributed by atoms with Crippen molar-refractivity contribution in [3.05, 3.63) is 58.3 Å². The fourth-order valence-corrected chi connectivity index (χ4v) is 2.73. The first-order valence-electron chi connectivity index (χ1n) is 7.57. The zero-order valence-corrected chi connectivity index (χ0v) is 12.1. The van der Waals surface area contributed by atoms with Crippen LogP contribution in [0.5, 0.6) is 0 Å². The zero-order valence-electron chi connectivity index (χ0n) is 12.1. The van der Waals surface area contributed by atoms with Gasteiger partial charge in [0.25, 0.3) is 5.56 Å². The summed E-state index contributed by atoms with van der Waals surface area (Å²) in [5.74, 6) is 0.510. The van der Waals surface area contributed by atoms with Crippen LogP contribution in [0.4, 0.5) is 4.39 Å². The minimum atomic E-state index is -0.304. The van der Waals surface area contributed by atoms with Crippen molar-refractivity contribution < 1.29 is 4.39 Å². The Kier molecular flexibility index (Phi) is 3.06. The Labute approximate surface area is 126 Å². The Morgan fingerprint density at radius 1 is 1.27 bits per heavy atom. The van der Waals surface area contributed by atoms with Crippen LogP contribution in [0.2, 0.25) is 0 Å². The average Bonchev–Trinajstić information content (AvgIpc) is 3.22. The Balaban J connectivity index is 1.73. The highest BCUT2D eigenvalue weighted by Gasteiger charge is 2.21. The van der Waals surface area contributed by atoms with E-state index < -0.39 is 0 Å². The fraction of sp³-hybridized carbons (Fsp3) is 0.294. The third-order valence-corrected chi connectivity index (χ3v) is 4.14. The second-order valence-electron chi connectivity index (χ2n) is 5.94. The third-order valence-electron chi connectivity index (χ3n) is 4.14. The summed E-state index contributed by atoms with van der Waals surface area (Å²) in [7, 11) is 0. The summed E-state index contributed by atoms with van der Waals surface area (Å²) in [4.78, 5) is 16.7. The second-order valence-corrected chi connectivity index (χ2v) is 5.94. The molecule has 1 aliphatic rings. The molecule has 4 rings (SSSR count). The summed E-state index contributed by atoms with van der Waals surface area (Å²) in [5.41, 5.74) is 2.67. The lowest BCUT2D eigenvalue weighted by Crippen LogP contribution is -2.15. The van der Waals surface area contributed by atoms with Gasteiger partial charge in [0.15, 0.2) is 5.65 Å². The number of halogens is 1. The molecule has 112 valence electrons. The van der Waals surface area contributed by atoms with Gasteiger partial charge < -0.3 is 0 Å². The number of hydrogen-bond acceptors (Lipinski definition) is 2. The van der Waals surface area contributed by atoms with Gasteiger partial charge in [-0.15, -0.1) is 0 Å². The highest BCUT2D eigenvalue weighted by Crippen LogP contribution is 2.33. The molecule has 1 N–H and O–H groups in total. The zero-order chi connectivity index (χ0) is 15.1. The Morgan fingerprint density at radius 3 is 2.91 bits per heavy atom. The molecule has 0 spiro atoms. The van der Waals surface area contributed by atoms with Gasteiger partial charge in [0.05, 0.1) is 5.69 Å². The number of fused-ring (bicyclic) bond motifs is 1. The largest absolute Gasteiger partial charge is 0.289 e. The monoisotopic (exact) mass is 297 g/mol. The smallest absolute Gasteiger partial charge is 0.272 e. The molecule has 0 unspecified atom stereocenters. The SMILES string of the molecule is O=c1cc(CCC2CC2)nc2cc(-c3cccc(F)c3)[nH]n12. The van der Waals surface area contributed by atoms with Gasteiger partial charge in [-0.05, 0) is 30.9 Å². The van der Waals surface area contributed by atoms with Crippen LogP contribution < -0.4 is 5.56 Å². The number of aromatic nitrogens is 3. The second kappa shape index (κ2) is 5.09. The molecule has 4 nitrogen and oxygen atoms in total. The molecular formula is C17H16FN3O. The number of hydrogen-bond donors (Lipinski definition) is 1. The quantitative estimate of drug-likeness (QED) is 0.804. The van der Waals surface area contributed by atoms with Crippen molar-refractivity contribution in [2.24, 2.45) is 5.92 Å². The van der Waals surface area contributed by atoms with E-state index in [2.05, 4.69) is 10.1 Å². The van der Waals surface area contributed by atoms with E-state index in [0.29, 0.717) is 16.9 Å². The summed E-state index contributed by atoms with van der Waals surface area (Å²) in [6, 6.07) is 9.65. The molecule has 22 heavy (non-hydrogen) atoms. The number of aromatic amines is 1. The van der Waals surface area contributed by atoms with Crippen LogP contribution in [0.25, 0.3) is 16.9 Å². The molecule has 2 heterocycles.